The van der Waals surface area contributed by atoms with E-state index in [9.17, 15) is 4.79 Å². The Morgan fingerprint density at radius 1 is 1.37 bits per heavy atom. The number of rotatable bonds is 4. The van der Waals surface area contributed by atoms with E-state index in [1.54, 1.807) is 0 Å². The van der Waals surface area contributed by atoms with Gasteiger partial charge in [-0.2, -0.15) is 0 Å². The van der Waals surface area contributed by atoms with Gasteiger partial charge in [-0.3, -0.25) is 4.79 Å². The number of halogens is 1. The first kappa shape index (κ1) is 14.1. The van der Waals surface area contributed by atoms with E-state index in [0.29, 0.717) is 11.7 Å². The summed E-state index contributed by atoms with van der Waals surface area (Å²) in [5, 5.41) is 0.487. The highest BCUT2D eigenvalue weighted by molar-refractivity contribution is 9.10. The number of anilines is 1. The van der Waals surface area contributed by atoms with Gasteiger partial charge in [-0.15, -0.1) is 0 Å². The van der Waals surface area contributed by atoms with Crippen LogP contribution in [0, 0.1) is 0 Å². The Bertz CT molecular complexity index is 614. The van der Waals surface area contributed by atoms with Gasteiger partial charge in [0.15, 0.2) is 5.16 Å². The van der Waals surface area contributed by atoms with E-state index < -0.39 is 0 Å². The van der Waals surface area contributed by atoms with Gasteiger partial charge in [0.05, 0.1) is 0 Å². The lowest BCUT2D eigenvalue weighted by Crippen LogP contribution is -2.13. The number of aromatic amines is 1. The normalized spacial score (nSPS) is 12.3. The average molecular weight is 341 g/mol. The van der Waals surface area contributed by atoms with Gasteiger partial charge in [0.1, 0.15) is 5.82 Å². The summed E-state index contributed by atoms with van der Waals surface area (Å²) in [6.07, 6.45) is 0. The van der Waals surface area contributed by atoms with E-state index in [1.165, 1.54) is 17.8 Å². The molecule has 100 valence electrons. The van der Waals surface area contributed by atoms with Crippen LogP contribution in [-0.2, 0) is 0 Å². The van der Waals surface area contributed by atoms with Gasteiger partial charge in [0.2, 0.25) is 0 Å². The Balaban J connectivity index is 2.23. The number of nitrogens with zero attached hydrogens (tertiary/aromatic N) is 1. The van der Waals surface area contributed by atoms with Crippen molar-refractivity contribution in [1.29, 1.82) is 0 Å². The van der Waals surface area contributed by atoms with Gasteiger partial charge < -0.3 is 16.5 Å². The molecule has 0 saturated carbocycles. The predicted octanol–water partition coefficient (Wildman–Crippen LogP) is 1.91. The largest absolute Gasteiger partial charge is 0.383 e. The Labute approximate surface area is 122 Å². The third-order valence-corrected chi connectivity index (χ3v) is 4.14. The molecule has 1 aromatic carbocycles. The lowest BCUT2D eigenvalue weighted by Gasteiger charge is -2.14. The van der Waals surface area contributed by atoms with Crippen molar-refractivity contribution in [2.24, 2.45) is 5.73 Å². The Hall–Kier alpha value is -1.31. The molecule has 0 aliphatic heterocycles. The van der Waals surface area contributed by atoms with Crippen LogP contribution in [0.15, 0.2) is 44.8 Å². The van der Waals surface area contributed by atoms with Gasteiger partial charge in [0, 0.05) is 22.3 Å². The van der Waals surface area contributed by atoms with Gasteiger partial charge in [-0.1, -0.05) is 39.8 Å². The summed E-state index contributed by atoms with van der Waals surface area (Å²) in [5.41, 5.74) is 12.1. The van der Waals surface area contributed by atoms with Crippen LogP contribution in [0.2, 0.25) is 0 Å². The number of nitrogens with one attached hydrogen (secondary N) is 1. The summed E-state index contributed by atoms with van der Waals surface area (Å²) in [6, 6.07) is 9.13. The molecular weight excluding hydrogens is 328 g/mol. The Morgan fingerprint density at radius 3 is 2.63 bits per heavy atom. The fourth-order valence-electron chi connectivity index (χ4n) is 1.57. The number of hydrogen-bond donors (Lipinski definition) is 3. The van der Waals surface area contributed by atoms with Gasteiger partial charge in [-0.05, 0) is 17.7 Å². The molecule has 1 aromatic heterocycles. The molecule has 0 amide bonds. The molecule has 19 heavy (non-hydrogen) atoms. The first-order valence-electron chi connectivity index (χ1n) is 5.57. The maximum atomic E-state index is 11.3. The van der Waals surface area contributed by atoms with E-state index in [1.807, 2.05) is 24.3 Å². The highest BCUT2D eigenvalue weighted by Gasteiger charge is 2.13. The monoisotopic (exact) mass is 340 g/mol. The Morgan fingerprint density at radius 2 is 2.05 bits per heavy atom. The van der Waals surface area contributed by atoms with E-state index in [-0.39, 0.29) is 16.6 Å². The molecular formula is C12H13BrN4OS. The summed E-state index contributed by atoms with van der Waals surface area (Å²) < 4.78 is 1.01. The average Bonchev–Trinajstić information content (AvgIpc) is 2.36. The second kappa shape index (κ2) is 6.23. The molecule has 0 spiro atoms. The van der Waals surface area contributed by atoms with Crippen molar-refractivity contribution in [3.05, 3.63) is 50.7 Å². The number of nitrogens with two attached hydrogens (primary N) is 2. The van der Waals surface area contributed by atoms with E-state index in [0.717, 1.165) is 10.0 Å². The quantitative estimate of drug-likeness (QED) is 0.583. The van der Waals surface area contributed by atoms with Crippen LogP contribution in [0.5, 0.6) is 0 Å². The maximum absolute atomic E-state index is 11.3. The lowest BCUT2D eigenvalue weighted by atomic mass is 10.1. The molecule has 5 N–H and O–H groups in total. The highest BCUT2D eigenvalue weighted by Crippen LogP contribution is 2.32. The smallest absolute Gasteiger partial charge is 0.253 e. The number of nitrogen functional groups attached to an aromatic ring is 1. The molecule has 2 aromatic rings. The molecule has 0 aliphatic carbocycles. The van der Waals surface area contributed by atoms with Crippen LogP contribution in [0.3, 0.4) is 0 Å². The summed E-state index contributed by atoms with van der Waals surface area (Å²) in [4.78, 5) is 18.1. The van der Waals surface area contributed by atoms with Crippen LogP contribution < -0.4 is 17.0 Å². The zero-order chi connectivity index (χ0) is 13.8. The molecule has 0 fully saturated rings. The SMILES string of the molecule is NCC(Sc1nc(N)cc(=O)[nH]1)c1ccc(Br)cc1. The predicted molar refractivity (Wildman–Crippen MR) is 81.1 cm³/mol. The van der Waals surface area contributed by atoms with Crippen molar-refractivity contribution in [3.63, 3.8) is 0 Å². The van der Waals surface area contributed by atoms with Crippen molar-refractivity contribution in [2.45, 2.75) is 10.4 Å². The van der Waals surface area contributed by atoms with E-state index in [4.69, 9.17) is 11.5 Å². The summed E-state index contributed by atoms with van der Waals surface area (Å²) in [7, 11) is 0. The molecule has 0 saturated heterocycles. The van der Waals surface area contributed by atoms with Crippen molar-refractivity contribution < 1.29 is 0 Å². The van der Waals surface area contributed by atoms with Crippen LogP contribution in [0.25, 0.3) is 0 Å². The molecule has 1 atom stereocenters. The minimum absolute atomic E-state index is 0.0121. The van der Waals surface area contributed by atoms with Crippen molar-refractivity contribution in [1.82, 2.24) is 9.97 Å². The van der Waals surface area contributed by atoms with E-state index >= 15 is 0 Å². The molecule has 0 radical (unpaired) electrons. The molecule has 0 aliphatic rings. The lowest BCUT2D eigenvalue weighted by molar-refractivity contribution is 0.901. The van der Waals surface area contributed by atoms with Gasteiger partial charge >= 0.3 is 0 Å². The van der Waals surface area contributed by atoms with Crippen molar-refractivity contribution in [3.8, 4) is 0 Å². The van der Waals surface area contributed by atoms with Crippen LogP contribution in [0.4, 0.5) is 5.82 Å². The summed E-state index contributed by atoms with van der Waals surface area (Å²) >= 11 is 4.78. The second-order valence-corrected chi connectivity index (χ2v) is 5.98. The van der Waals surface area contributed by atoms with Crippen LogP contribution in [-0.4, -0.2) is 16.5 Å². The molecule has 5 nitrogen and oxygen atoms in total. The standard InChI is InChI=1S/C12H13BrN4OS/c13-8-3-1-7(2-4-8)9(6-14)19-12-16-10(15)5-11(18)17-12/h1-5,9H,6,14H2,(H3,15,16,17,18). The molecule has 1 heterocycles. The third-order valence-electron chi connectivity index (χ3n) is 2.45. The van der Waals surface area contributed by atoms with Gasteiger partial charge in [-0.25, -0.2) is 4.98 Å². The molecule has 7 heteroatoms. The second-order valence-electron chi connectivity index (χ2n) is 3.87. The number of thioether (sulfide) groups is 1. The number of benzene rings is 1. The Kier molecular flexibility index (Phi) is 4.62. The number of hydrogen-bond acceptors (Lipinski definition) is 5. The third kappa shape index (κ3) is 3.82. The highest BCUT2D eigenvalue weighted by atomic mass is 79.9. The first-order valence-corrected chi connectivity index (χ1v) is 7.25. The molecule has 2 rings (SSSR count). The van der Waals surface area contributed by atoms with Gasteiger partial charge in [0.25, 0.3) is 5.56 Å². The fourth-order valence-corrected chi connectivity index (χ4v) is 2.81. The zero-order valence-electron chi connectivity index (χ0n) is 9.97. The van der Waals surface area contributed by atoms with E-state index in [2.05, 4.69) is 25.9 Å². The summed E-state index contributed by atoms with van der Waals surface area (Å²) in [5.74, 6) is 0.206. The van der Waals surface area contributed by atoms with Crippen molar-refractivity contribution in [2.75, 3.05) is 12.3 Å². The number of aromatic nitrogens is 2. The minimum Gasteiger partial charge on any atom is -0.383 e. The summed E-state index contributed by atoms with van der Waals surface area (Å²) in [6.45, 7) is 0.435. The molecule has 0 bridgehead atoms. The van der Waals surface area contributed by atoms with Crippen LogP contribution >= 0.6 is 27.7 Å². The first-order chi connectivity index (χ1) is 9.08. The maximum Gasteiger partial charge on any atom is 0.253 e. The van der Waals surface area contributed by atoms with Crippen LogP contribution in [0.1, 0.15) is 10.8 Å². The topological polar surface area (TPSA) is 97.8 Å². The number of H-pyrrole nitrogens is 1. The molecule has 1 unspecified atom stereocenters. The zero-order valence-corrected chi connectivity index (χ0v) is 12.4. The van der Waals surface area contributed by atoms with Crippen molar-refractivity contribution >= 4 is 33.5 Å². The minimum atomic E-state index is -0.262. The fraction of sp³-hybridized carbons (Fsp3) is 0.167.